The lowest BCUT2D eigenvalue weighted by Gasteiger charge is -2.25. The summed E-state index contributed by atoms with van der Waals surface area (Å²) in [5, 5.41) is 10.1. The van der Waals surface area contributed by atoms with Gasteiger partial charge in [0.1, 0.15) is 0 Å². The molecular formula is C16H21IO3. The Bertz CT molecular complexity index is 545. The van der Waals surface area contributed by atoms with E-state index >= 15 is 0 Å². The molecule has 0 bridgehead atoms. The lowest BCUT2D eigenvalue weighted by molar-refractivity contribution is 0.0779. The molecule has 1 aromatic rings. The van der Waals surface area contributed by atoms with Crippen molar-refractivity contribution in [3.05, 3.63) is 21.3 Å². The average Bonchev–Trinajstić information content (AvgIpc) is 2.29. The maximum Gasteiger partial charge on any atom is 0.176 e. The maximum atomic E-state index is 10.1. The van der Waals surface area contributed by atoms with Gasteiger partial charge in [-0.3, -0.25) is 0 Å². The van der Waals surface area contributed by atoms with Crippen LogP contribution in [-0.2, 0) is 5.60 Å². The summed E-state index contributed by atoms with van der Waals surface area (Å²) >= 11 is 2.18. The fourth-order valence-corrected chi connectivity index (χ4v) is 2.47. The third-order valence-electron chi connectivity index (χ3n) is 2.72. The standard InChI is InChI=1S/C16H21IO3/c1-7-8-15(2,3)20-14-12(17)9-11(16(4,5)18)10-13(14)19-6/h9-10,18H,1-6H3. The van der Waals surface area contributed by atoms with E-state index in [1.165, 1.54) is 0 Å². The second kappa shape index (κ2) is 6.23. The third-order valence-corrected chi connectivity index (χ3v) is 3.52. The molecule has 0 aliphatic heterocycles. The molecule has 1 aromatic carbocycles. The molecule has 0 atom stereocenters. The first-order valence-corrected chi connectivity index (χ1v) is 7.42. The van der Waals surface area contributed by atoms with Gasteiger partial charge in [0, 0.05) is 0 Å². The van der Waals surface area contributed by atoms with E-state index in [0.29, 0.717) is 11.5 Å². The number of halogens is 1. The van der Waals surface area contributed by atoms with Crippen molar-refractivity contribution in [3.63, 3.8) is 0 Å². The van der Waals surface area contributed by atoms with Crippen LogP contribution < -0.4 is 9.47 Å². The first-order valence-electron chi connectivity index (χ1n) is 6.34. The van der Waals surface area contributed by atoms with Crippen LogP contribution >= 0.6 is 22.6 Å². The van der Waals surface area contributed by atoms with Crippen LogP contribution in [0.25, 0.3) is 0 Å². The minimum atomic E-state index is -0.926. The zero-order valence-corrected chi connectivity index (χ0v) is 15.0. The Morgan fingerprint density at radius 2 is 1.80 bits per heavy atom. The molecule has 0 unspecified atom stereocenters. The predicted octanol–water partition coefficient (Wildman–Crippen LogP) is 3.71. The average molecular weight is 388 g/mol. The van der Waals surface area contributed by atoms with Gasteiger partial charge in [-0.15, -0.1) is 5.92 Å². The molecule has 0 amide bonds. The fraction of sp³-hybridized carbons (Fsp3) is 0.500. The van der Waals surface area contributed by atoms with E-state index in [1.54, 1.807) is 33.9 Å². The topological polar surface area (TPSA) is 38.7 Å². The first-order chi connectivity index (χ1) is 9.10. The van der Waals surface area contributed by atoms with Gasteiger partial charge >= 0.3 is 0 Å². The van der Waals surface area contributed by atoms with Crippen molar-refractivity contribution in [2.45, 2.75) is 45.8 Å². The third kappa shape index (κ3) is 4.29. The molecule has 0 saturated carbocycles. The molecule has 110 valence electrons. The quantitative estimate of drug-likeness (QED) is 0.632. The van der Waals surface area contributed by atoms with Crippen molar-refractivity contribution in [1.29, 1.82) is 0 Å². The minimum absolute atomic E-state index is 0.597. The van der Waals surface area contributed by atoms with E-state index in [2.05, 4.69) is 34.4 Å². The highest BCUT2D eigenvalue weighted by atomic mass is 127. The molecule has 0 aliphatic carbocycles. The van der Waals surface area contributed by atoms with Crippen LogP contribution in [0.3, 0.4) is 0 Å². The second-order valence-corrected chi connectivity index (χ2v) is 6.70. The monoisotopic (exact) mass is 388 g/mol. The number of hydrogen-bond acceptors (Lipinski definition) is 3. The van der Waals surface area contributed by atoms with Gasteiger partial charge in [0.25, 0.3) is 0 Å². The molecule has 3 nitrogen and oxygen atoms in total. The Balaban J connectivity index is 3.30. The highest BCUT2D eigenvalue weighted by molar-refractivity contribution is 14.1. The lowest BCUT2D eigenvalue weighted by Crippen LogP contribution is -2.27. The molecule has 1 rings (SSSR count). The zero-order valence-electron chi connectivity index (χ0n) is 12.8. The summed E-state index contributed by atoms with van der Waals surface area (Å²) in [7, 11) is 1.59. The van der Waals surface area contributed by atoms with Gasteiger partial charge < -0.3 is 14.6 Å². The van der Waals surface area contributed by atoms with Crippen LogP contribution in [0, 0.1) is 15.4 Å². The van der Waals surface area contributed by atoms with Crippen LogP contribution in [0.1, 0.15) is 40.2 Å². The number of rotatable bonds is 4. The largest absolute Gasteiger partial charge is 0.493 e. The molecule has 1 N–H and O–H groups in total. The Morgan fingerprint density at radius 3 is 2.25 bits per heavy atom. The summed E-state index contributed by atoms with van der Waals surface area (Å²) in [4.78, 5) is 0. The first kappa shape index (κ1) is 17.1. The molecule has 0 fully saturated rings. The number of methoxy groups -OCH3 is 1. The summed E-state index contributed by atoms with van der Waals surface area (Å²) < 4.78 is 12.3. The van der Waals surface area contributed by atoms with Gasteiger partial charge in [0.15, 0.2) is 17.1 Å². The highest BCUT2D eigenvalue weighted by Gasteiger charge is 2.24. The number of aliphatic hydroxyl groups is 1. The molecule has 0 radical (unpaired) electrons. The van der Waals surface area contributed by atoms with E-state index in [4.69, 9.17) is 9.47 Å². The Hall–Kier alpha value is -0.930. The molecular weight excluding hydrogens is 367 g/mol. The van der Waals surface area contributed by atoms with Crippen LogP contribution in [-0.4, -0.2) is 17.8 Å². The van der Waals surface area contributed by atoms with Crippen LogP contribution in [0.5, 0.6) is 11.5 Å². The van der Waals surface area contributed by atoms with Crippen molar-refractivity contribution in [1.82, 2.24) is 0 Å². The van der Waals surface area contributed by atoms with E-state index in [9.17, 15) is 5.11 Å². The van der Waals surface area contributed by atoms with Gasteiger partial charge in [-0.25, -0.2) is 0 Å². The van der Waals surface area contributed by atoms with Gasteiger partial charge in [-0.1, -0.05) is 5.92 Å². The molecule has 4 heteroatoms. The predicted molar refractivity (Wildman–Crippen MR) is 89.1 cm³/mol. The van der Waals surface area contributed by atoms with Gasteiger partial charge in [0.05, 0.1) is 16.3 Å². The zero-order chi connectivity index (χ0) is 15.6. The maximum absolute atomic E-state index is 10.1. The van der Waals surface area contributed by atoms with Crippen molar-refractivity contribution in [2.75, 3.05) is 7.11 Å². The summed E-state index contributed by atoms with van der Waals surface area (Å²) in [6.07, 6.45) is 0. The summed E-state index contributed by atoms with van der Waals surface area (Å²) in [5.74, 6) is 7.12. The molecule has 0 spiro atoms. The Kier molecular flexibility index (Phi) is 5.33. The van der Waals surface area contributed by atoms with Gasteiger partial charge in [-0.2, -0.15) is 0 Å². The smallest absolute Gasteiger partial charge is 0.176 e. The molecule has 0 aliphatic rings. The fourth-order valence-electron chi connectivity index (χ4n) is 1.75. The normalized spacial score (nSPS) is 11.6. The van der Waals surface area contributed by atoms with Crippen molar-refractivity contribution in [2.24, 2.45) is 0 Å². The Morgan fingerprint density at radius 1 is 1.20 bits per heavy atom. The molecule has 20 heavy (non-hydrogen) atoms. The van der Waals surface area contributed by atoms with E-state index in [0.717, 1.165) is 9.13 Å². The van der Waals surface area contributed by atoms with E-state index in [-0.39, 0.29) is 0 Å². The molecule has 0 aromatic heterocycles. The van der Waals surface area contributed by atoms with Crippen LogP contribution in [0.2, 0.25) is 0 Å². The van der Waals surface area contributed by atoms with Crippen LogP contribution in [0.15, 0.2) is 12.1 Å². The van der Waals surface area contributed by atoms with E-state index < -0.39 is 11.2 Å². The van der Waals surface area contributed by atoms with Crippen LogP contribution in [0.4, 0.5) is 0 Å². The van der Waals surface area contributed by atoms with Gasteiger partial charge in [0.2, 0.25) is 0 Å². The van der Waals surface area contributed by atoms with Crippen molar-refractivity contribution >= 4 is 22.6 Å². The number of ether oxygens (including phenoxy) is 2. The number of hydrogen-bond donors (Lipinski definition) is 1. The molecule has 0 heterocycles. The van der Waals surface area contributed by atoms with E-state index in [1.807, 2.05) is 19.9 Å². The second-order valence-electron chi connectivity index (χ2n) is 5.54. The summed E-state index contributed by atoms with van der Waals surface area (Å²) in [5.41, 5.74) is -0.742. The highest BCUT2D eigenvalue weighted by Crippen LogP contribution is 2.38. The molecule has 0 saturated heterocycles. The van der Waals surface area contributed by atoms with Crippen molar-refractivity contribution in [3.8, 4) is 23.3 Å². The summed E-state index contributed by atoms with van der Waals surface area (Å²) in [6.45, 7) is 9.08. The minimum Gasteiger partial charge on any atom is -0.493 e. The lowest BCUT2D eigenvalue weighted by atomic mass is 9.98. The van der Waals surface area contributed by atoms with Gasteiger partial charge in [-0.05, 0) is 74.9 Å². The SMILES string of the molecule is CC#CC(C)(C)Oc1c(I)cc(C(C)(C)O)cc1OC. The summed E-state index contributed by atoms with van der Waals surface area (Å²) in [6, 6.07) is 3.70. The number of benzene rings is 1. The Labute approximate surface area is 134 Å². The van der Waals surface area contributed by atoms with Crippen molar-refractivity contribution < 1.29 is 14.6 Å².